The highest BCUT2D eigenvalue weighted by molar-refractivity contribution is 5.73. The molecule has 0 bridgehead atoms. The molecule has 27 heavy (non-hydrogen) atoms. The van der Waals surface area contributed by atoms with Gasteiger partial charge in [-0.25, -0.2) is 0 Å². The minimum Gasteiger partial charge on any atom is -0.388 e. The lowest BCUT2D eigenvalue weighted by molar-refractivity contribution is -0.325. The molecular formula is C17H29NO9. The number of aliphatic hydroxyl groups is 4. The minimum absolute atomic E-state index is 0.00664. The Balaban J connectivity index is 2.18. The summed E-state index contributed by atoms with van der Waals surface area (Å²) in [7, 11) is 0. The van der Waals surface area contributed by atoms with E-state index < -0.39 is 61.2 Å². The second-order valence-electron chi connectivity index (χ2n) is 7.44. The summed E-state index contributed by atoms with van der Waals surface area (Å²) in [5, 5.41) is 43.2. The summed E-state index contributed by atoms with van der Waals surface area (Å²) in [4.78, 5) is 22.6. The third-order valence-corrected chi connectivity index (χ3v) is 4.95. The van der Waals surface area contributed by atoms with Crippen LogP contribution in [-0.4, -0.2) is 93.8 Å². The SMILES string of the molecule is CC(=O)NC1C(O)C(OC2OC(C=O)C(O)C(O)C2O)C(C)OC1C(C)C. The fourth-order valence-corrected chi connectivity index (χ4v) is 3.50. The van der Waals surface area contributed by atoms with E-state index in [4.69, 9.17) is 14.2 Å². The van der Waals surface area contributed by atoms with Crippen LogP contribution in [0, 0.1) is 5.92 Å². The Labute approximate surface area is 157 Å². The number of carbonyl (C=O) groups is 2. The average Bonchev–Trinajstić information content (AvgIpc) is 2.60. The Morgan fingerprint density at radius 2 is 1.70 bits per heavy atom. The van der Waals surface area contributed by atoms with Gasteiger partial charge in [0.1, 0.15) is 36.6 Å². The van der Waals surface area contributed by atoms with Crippen LogP contribution in [0.15, 0.2) is 0 Å². The smallest absolute Gasteiger partial charge is 0.217 e. The lowest BCUT2D eigenvalue weighted by Crippen LogP contribution is -2.66. The molecule has 2 fully saturated rings. The Bertz CT molecular complexity index is 531. The van der Waals surface area contributed by atoms with Crippen molar-refractivity contribution in [3.63, 3.8) is 0 Å². The molecule has 0 aromatic carbocycles. The highest BCUT2D eigenvalue weighted by atomic mass is 16.7. The fourth-order valence-electron chi connectivity index (χ4n) is 3.50. The summed E-state index contributed by atoms with van der Waals surface area (Å²) in [6.45, 7) is 6.75. The molecule has 1 amide bonds. The number of aliphatic hydroxyl groups excluding tert-OH is 4. The molecule has 2 heterocycles. The predicted molar refractivity (Wildman–Crippen MR) is 90.4 cm³/mol. The van der Waals surface area contributed by atoms with Gasteiger partial charge in [-0.05, 0) is 12.8 Å². The number of hydrogen-bond acceptors (Lipinski definition) is 9. The van der Waals surface area contributed by atoms with E-state index in [0.717, 1.165) is 0 Å². The van der Waals surface area contributed by atoms with E-state index in [1.54, 1.807) is 6.92 Å². The maximum Gasteiger partial charge on any atom is 0.217 e. The van der Waals surface area contributed by atoms with E-state index in [1.165, 1.54) is 6.92 Å². The molecule has 2 aliphatic heterocycles. The van der Waals surface area contributed by atoms with Gasteiger partial charge in [-0.2, -0.15) is 0 Å². The summed E-state index contributed by atoms with van der Waals surface area (Å²) in [6.07, 6.45) is -10.8. The molecule has 2 aliphatic rings. The van der Waals surface area contributed by atoms with Crippen molar-refractivity contribution < 1.29 is 44.2 Å². The quantitative estimate of drug-likeness (QED) is 0.325. The van der Waals surface area contributed by atoms with Crippen molar-refractivity contribution in [2.24, 2.45) is 5.92 Å². The van der Waals surface area contributed by atoms with Crippen LogP contribution in [0.1, 0.15) is 27.7 Å². The standard InChI is InChI=1S/C17H29NO9/c1-6(2)15-10(18-8(4)20)12(22)16(7(3)25-15)27-17-14(24)13(23)11(21)9(5-19)26-17/h5-7,9-17,21-24H,1-4H3,(H,18,20). The predicted octanol–water partition coefficient (Wildman–Crippen LogP) is -2.31. The zero-order valence-corrected chi connectivity index (χ0v) is 15.8. The van der Waals surface area contributed by atoms with Gasteiger partial charge in [0.15, 0.2) is 12.6 Å². The number of hydrogen-bond donors (Lipinski definition) is 5. The second kappa shape index (κ2) is 8.91. The van der Waals surface area contributed by atoms with Gasteiger partial charge in [-0.15, -0.1) is 0 Å². The van der Waals surface area contributed by atoms with Crippen molar-refractivity contribution in [2.45, 2.75) is 88.9 Å². The van der Waals surface area contributed by atoms with Gasteiger partial charge in [-0.3, -0.25) is 4.79 Å². The van der Waals surface area contributed by atoms with Gasteiger partial charge in [0, 0.05) is 6.92 Å². The molecule has 156 valence electrons. The summed E-state index contributed by atoms with van der Waals surface area (Å²) >= 11 is 0. The number of nitrogens with one attached hydrogen (secondary N) is 1. The van der Waals surface area contributed by atoms with Gasteiger partial charge in [-0.1, -0.05) is 13.8 Å². The molecule has 10 unspecified atom stereocenters. The Morgan fingerprint density at radius 3 is 2.22 bits per heavy atom. The van der Waals surface area contributed by atoms with E-state index >= 15 is 0 Å². The highest BCUT2D eigenvalue weighted by Gasteiger charge is 2.50. The van der Waals surface area contributed by atoms with Crippen molar-refractivity contribution in [2.75, 3.05) is 0 Å². The first-order valence-electron chi connectivity index (χ1n) is 8.99. The van der Waals surface area contributed by atoms with E-state index in [2.05, 4.69) is 5.32 Å². The van der Waals surface area contributed by atoms with Crippen molar-refractivity contribution in [1.82, 2.24) is 5.32 Å². The molecule has 10 nitrogen and oxygen atoms in total. The third-order valence-electron chi connectivity index (χ3n) is 4.95. The lowest BCUT2D eigenvalue weighted by atomic mass is 9.87. The topological polar surface area (TPSA) is 155 Å². The van der Waals surface area contributed by atoms with Crippen LogP contribution < -0.4 is 5.32 Å². The monoisotopic (exact) mass is 391 g/mol. The van der Waals surface area contributed by atoms with Gasteiger partial charge in [0.25, 0.3) is 0 Å². The molecule has 2 saturated heterocycles. The maximum atomic E-state index is 11.5. The van der Waals surface area contributed by atoms with Gasteiger partial charge in [0.2, 0.25) is 5.91 Å². The van der Waals surface area contributed by atoms with E-state index in [9.17, 15) is 30.0 Å². The molecule has 10 heteroatoms. The van der Waals surface area contributed by atoms with E-state index in [1.807, 2.05) is 13.8 Å². The van der Waals surface area contributed by atoms with Crippen molar-refractivity contribution in [3.05, 3.63) is 0 Å². The van der Waals surface area contributed by atoms with Crippen LogP contribution in [0.3, 0.4) is 0 Å². The van der Waals surface area contributed by atoms with E-state index in [0.29, 0.717) is 6.29 Å². The van der Waals surface area contributed by atoms with Crippen molar-refractivity contribution in [1.29, 1.82) is 0 Å². The average molecular weight is 391 g/mol. The molecule has 10 atom stereocenters. The number of aldehydes is 1. The second-order valence-corrected chi connectivity index (χ2v) is 7.44. The molecule has 5 N–H and O–H groups in total. The highest BCUT2D eigenvalue weighted by Crippen LogP contribution is 2.30. The Morgan fingerprint density at radius 1 is 1.07 bits per heavy atom. The van der Waals surface area contributed by atoms with Crippen molar-refractivity contribution >= 4 is 12.2 Å². The molecule has 2 rings (SSSR count). The largest absolute Gasteiger partial charge is 0.388 e. The van der Waals surface area contributed by atoms with Crippen molar-refractivity contribution in [3.8, 4) is 0 Å². The van der Waals surface area contributed by atoms with Gasteiger partial charge < -0.3 is 44.7 Å². The first-order valence-corrected chi connectivity index (χ1v) is 8.99. The van der Waals surface area contributed by atoms with Crippen LogP contribution in [0.5, 0.6) is 0 Å². The normalized spacial score (nSPS) is 45.5. The van der Waals surface area contributed by atoms with Crippen LogP contribution in [0.4, 0.5) is 0 Å². The molecule has 0 aromatic rings. The zero-order chi connectivity index (χ0) is 20.5. The molecule has 0 saturated carbocycles. The summed E-state index contributed by atoms with van der Waals surface area (Å²) in [5.74, 6) is -0.358. The number of ether oxygens (including phenoxy) is 3. The number of amides is 1. The Hall–Kier alpha value is -1.14. The molecule has 0 spiro atoms. The maximum absolute atomic E-state index is 11.5. The van der Waals surface area contributed by atoms with Gasteiger partial charge in [0.05, 0.1) is 18.2 Å². The van der Waals surface area contributed by atoms with Crippen LogP contribution >= 0.6 is 0 Å². The van der Waals surface area contributed by atoms with Crippen LogP contribution in [0.2, 0.25) is 0 Å². The number of carbonyl (C=O) groups excluding carboxylic acids is 2. The summed E-state index contributed by atoms with van der Waals surface area (Å²) in [6, 6.07) is -0.762. The summed E-state index contributed by atoms with van der Waals surface area (Å²) < 4.78 is 16.8. The van der Waals surface area contributed by atoms with Crippen LogP contribution in [-0.2, 0) is 23.8 Å². The molecular weight excluding hydrogens is 362 g/mol. The molecule has 0 aromatic heterocycles. The van der Waals surface area contributed by atoms with E-state index in [-0.39, 0.29) is 11.8 Å². The zero-order valence-electron chi connectivity index (χ0n) is 15.8. The number of rotatable bonds is 5. The minimum atomic E-state index is -1.66. The summed E-state index contributed by atoms with van der Waals surface area (Å²) in [5.41, 5.74) is 0. The van der Waals surface area contributed by atoms with Gasteiger partial charge >= 0.3 is 0 Å². The molecule has 0 aliphatic carbocycles. The first kappa shape index (κ1) is 22.2. The third kappa shape index (κ3) is 4.65. The lowest BCUT2D eigenvalue weighted by Gasteiger charge is -2.47. The first-order chi connectivity index (χ1) is 12.6. The molecule has 0 radical (unpaired) electrons. The Kier molecular flexibility index (Phi) is 7.31. The fraction of sp³-hybridized carbons (Fsp3) is 0.882. The van der Waals surface area contributed by atoms with Crippen LogP contribution in [0.25, 0.3) is 0 Å².